The molecule has 144 valence electrons. The lowest BCUT2D eigenvalue weighted by atomic mass is 10.1. The van der Waals surface area contributed by atoms with Gasteiger partial charge in [0.15, 0.2) is 0 Å². The van der Waals surface area contributed by atoms with Crippen molar-refractivity contribution in [1.29, 1.82) is 0 Å². The zero-order valence-corrected chi connectivity index (χ0v) is 16.4. The fourth-order valence-corrected chi connectivity index (χ4v) is 4.85. The standard InChI is InChI=1S/C20H25N3O3S/c1-22(2)19(16-8-4-3-5-9-16)15-21-20(24)17-10-6-11-18(14-17)23-12-7-13-27(23,25)26/h3-6,8-11,14,19H,7,12-13,15H2,1-2H3,(H,21,24). The van der Waals surface area contributed by atoms with Crippen molar-refractivity contribution in [3.63, 3.8) is 0 Å². The van der Waals surface area contributed by atoms with Gasteiger partial charge in [0.2, 0.25) is 10.0 Å². The molecule has 0 aromatic heterocycles. The zero-order chi connectivity index (χ0) is 19.4. The average Bonchev–Trinajstić information content (AvgIpc) is 3.01. The van der Waals surface area contributed by atoms with E-state index in [0.717, 1.165) is 5.56 Å². The van der Waals surface area contributed by atoms with Crippen LogP contribution in [0.25, 0.3) is 0 Å². The second-order valence-corrected chi connectivity index (χ2v) is 8.90. The van der Waals surface area contributed by atoms with Crippen molar-refractivity contribution in [2.24, 2.45) is 0 Å². The number of rotatable bonds is 6. The molecule has 1 N–H and O–H groups in total. The van der Waals surface area contributed by atoms with Gasteiger partial charge in [-0.2, -0.15) is 0 Å². The summed E-state index contributed by atoms with van der Waals surface area (Å²) < 4.78 is 25.6. The molecule has 0 spiro atoms. The van der Waals surface area contributed by atoms with Crippen molar-refractivity contribution in [2.45, 2.75) is 12.5 Å². The lowest BCUT2D eigenvalue weighted by Gasteiger charge is -2.25. The van der Waals surface area contributed by atoms with Crippen LogP contribution in [-0.4, -0.2) is 52.2 Å². The van der Waals surface area contributed by atoms with Crippen molar-refractivity contribution in [3.8, 4) is 0 Å². The van der Waals surface area contributed by atoms with Gasteiger partial charge in [-0.25, -0.2) is 8.42 Å². The van der Waals surface area contributed by atoms with Crippen LogP contribution in [0.1, 0.15) is 28.4 Å². The molecule has 1 saturated heterocycles. The molecule has 2 aromatic rings. The van der Waals surface area contributed by atoms with Gasteiger partial charge >= 0.3 is 0 Å². The summed E-state index contributed by atoms with van der Waals surface area (Å²) in [6.45, 7) is 0.923. The molecule has 0 bridgehead atoms. The van der Waals surface area contributed by atoms with E-state index in [1.807, 2.05) is 44.4 Å². The number of carbonyl (C=O) groups is 1. The third-order valence-corrected chi connectivity index (χ3v) is 6.63. The molecule has 6 nitrogen and oxygen atoms in total. The van der Waals surface area contributed by atoms with E-state index in [0.29, 0.717) is 30.8 Å². The maximum Gasteiger partial charge on any atom is 0.251 e. The summed E-state index contributed by atoms with van der Waals surface area (Å²) in [5.41, 5.74) is 2.13. The first-order valence-electron chi connectivity index (χ1n) is 8.98. The highest BCUT2D eigenvalue weighted by molar-refractivity contribution is 7.93. The summed E-state index contributed by atoms with van der Waals surface area (Å²) in [4.78, 5) is 14.7. The number of carbonyl (C=O) groups excluding carboxylic acids is 1. The Bertz CT molecular complexity index is 898. The largest absolute Gasteiger partial charge is 0.350 e. The van der Waals surface area contributed by atoms with Crippen molar-refractivity contribution >= 4 is 21.6 Å². The van der Waals surface area contributed by atoms with E-state index in [9.17, 15) is 13.2 Å². The molecule has 1 unspecified atom stereocenters. The fraction of sp³-hybridized carbons (Fsp3) is 0.350. The molecule has 1 atom stereocenters. The van der Waals surface area contributed by atoms with Gasteiger partial charge in [-0.3, -0.25) is 9.10 Å². The minimum absolute atomic E-state index is 0.0530. The predicted octanol–water partition coefficient (Wildman–Crippen LogP) is 2.26. The van der Waals surface area contributed by atoms with Crippen LogP contribution in [0.15, 0.2) is 54.6 Å². The molecule has 0 radical (unpaired) electrons. The summed E-state index contributed by atoms with van der Waals surface area (Å²) in [6, 6.07) is 16.8. The lowest BCUT2D eigenvalue weighted by Crippen LogP contribution is -2.34. The van der Waals surface area contributed by atoms with Crippen molar-refractivity contribution in [2.75, 3.05) is 37.2 Å². The van der Waals surface area contributed by atoms with Gasteiger partial charge in [-0.1, -0.05) is 36.4 Å². The van der Waals surface area contributed by atoms with Gasteiger partial charge in [0.05, 0.1) is 17.5 Å². The van der Waals surface area contributed by atoms with Gasteiger partial charge in [-0.15, -0.1) is 0 Å². The number of hydrogen-bond donors (Lipinski definition) is 1. The van der Waals surface area contributed by atoms with E-state index in [2.05, 4.69) is 10.2 Å². The van der Waals surface area contributed by atoms with Crippen LogP contribution in [0.5, 0.6) is 0 Å². The van der Waals surface area contributed by atoms with E-state index in [1.165, 1.54) is 4.31 Å². The summed E-state index contributed by atoms with van der Waals surface area (Å²) in [7, 11) is 0.689. The van der Waals surface area contributed by atoms with Crippen LogP contribution < -0.4 is 9.62 Å². The Morgan fingerprint density at radius 1 is 1.15 bits per heavy atom. The predicted molar refractivity (Wildman–Crippen MR) is 107 cm³/mol. The first-order valence-corrected chi connectivity index (χ1v) is 10.6. The molecule has 1 aliphatic rings. The van der Waals surface area contributed by atoms with Crippen LogP contribution in [-0.2, 0) is 10.0 Å². The summed E-state index contributed by atoms with van der Waals surface area (Å²) >= 11 is 0. The maximum absolute atomic E-state index is 12.6. The molecule has 1 heterocycles. The summed E-state index contributed by atoms with van der Waals surface area (Å²) in [5.74, 6) is -0.0541. The first-order chi connectivity index (χ1) is 12.9. The second-order valence-electron chi connectivity index (χ2n) is 6.89. The van der Waals surface area contributed by atoms with E-state index >= 15 is 0 Å². The molecular weight excluding hydrogens is 362 g/mol. The highest BCUT2D eigenvalue weighted by Gasteiger charge is 2.28. The maximum atomic E-state index is 12.6. The molecule has 0 saturated carbocycles. The minimum atomic E-state index is -3.26. The molecule has 27 heavy (non-hydrogen) atoms. The van der Waals surface area contributed by atoms with Gasteiger partial charge in [0.25, 0.3) is 5.91 Å². The van der Waals surface area contributed by atoms with Crippen LogP contribution in [0.4, 0.5) is 5.69 Å². The molecule has 0 aliphatic carbocycles. The highest BCUT2D eigenvalue weighted by atomic mass is 32.2. The Kier molecular flexibility index (Phi) is 5.82. The van der Waals surface area contributed by atoms with Crippen LogP contribution in [0.2, 0.25) is 0 Å². The van der Waals surface area contributed by atoms with Crippen molar-refractivity contribution < 1.29 is 13.2 Å². The summed E-state index contributed by atoms with van der Waals surface area (Å²) in [5, 5.41) is 2.97. The quantitative estimate of drug-likeness (QED) is 0.825. The number of likely N-dealkylation sites (N-methyl/N-ethyl adjacent to an activating group) is 1. The molecule has 1 aliphatic heterocycles. The fourth-order valence-electron chi connectivity index (χ4n) is 3.30. The number of hydrogen-bond acceptors (Lipinski definition) is 4. The normalized spacial score (nSPS) is 17.1. The smallest absolute Gasteiger partial charge is 0.251 e. The molecular formula is C20H25N3O3S. The molecule has 7 heteroatoms. The highest BCUT2D eigenvalue weighted by Crippen LogP contribution is 2.25. The Morgan fingerprint density at radius 3 is 2.52 bits per heavy atom. The van der Waals surface area contributed by atoms with E-state index in [4.69, 9.17) is 0 Å². The number of nitrogens with one attached hydrogen (secondary N) is 1. The van der Waals surface area contributed by atoms with Gasteiger partial charge in [0, 0.05) is 18.7 Å². The number of amides is 1. The Labute approximate surface area is 160 Å². The second kappa shape index (κ2) is 8.10. The Hall–Kier alpha value is -2.38. The van der Waals surface area contributed by atoms with Gasteiger partial charge < -0.3 is 10.2 Å². The van der Waals surface area contributed by atoms with Crippen molar-refractivity contribution in [3.05, 3.63) is 65.7 Å². The third kappa shape index (κ3) is 4.48. The molecule has 1 amide bonds. The number of anilines is 1. The van der Waals surface area contributed by atoms with Crippen molar-refractivity contribution in [1.82, 2.24) is 10.2 Å². The molecule has 2 aromatic carbocycles. The number of nitrogens with zero attached hydrogens (tertiary/aromatic N) is 2. The van der Waals surface area contributed by atoms with E-state index in [-0.39, 0.29) is 17.7 Å². The molecule has 1 fully saturated rings. The van der Waals surface area contributed by atoms with E-state index in [1.54, 1.807) is 24.3 Å². The van der Waals surface area contributed by atoms with Gasteiger partial charge in [0.1, 0.15) is 0 Å². The van der Waals surface area contributed by atoms with Gasteiger partial charge in [-0.05, 0) is 44.3 Å². The monoisotopic (exact) mass is 387 g/mol. The first kappa shape index (κ1) is 19.4. The van der Waals surface area contributed by atoms with Crippen LogP contribution >= 0.6 is 0 Å². The van der Waals surface area contributed by atoms with Crippen LogP contribution in [0, 0.1) is 0 Å². The molecule has 3 rings (SSSR count). The lowest BCUT2D eigenvalue weighted by molar-refractivity contribution is 0.0942. The number of benzene rings is 2. The van der Waals surface area contributed by atoms with Crippen LogP contribution in [0.3, 0.4) is 0 Å². The average molecular weight is 388 g/mol. The Balaban J connectivity index is 1.72. The SMILES string of the molecule is CN(C)C(CNC(=O)c1cccc(N2CCCS2(=O)=O)c1)c1ccccc1. The van der Waals surface area contributed by atoms with E-state index < -0.39 is 10.0 Å². The topological polar surface area (TPSA) is 69.7 Å². The minimum Gasteiger partial charge on any atom is -0.350 e. The summed E-state index contributed by atoms with van der Waals surface area (Å²) in [6.07, 6.45) is 0.611. The Morgan fingerprint density at radius 2 is 1.89 bits per heavy atom. The number of sulfonamides is 1. The third-order valence-electron chi connectivity index (χ3n) is 4.76. The zero-order valence-electron chi connectivity index (χ0n) is 15.6.